The van der Waals surface area contributed by atoms with E-state index < -0.39 is 11.9 Å². The van der Waals surface area contributed by atoms with Crippen LogP contribution < -0.4 is 0 Å². The molecule has 0 bridgehead atoms. The standard InChI is InChI=1S/C12H13NO2/c1-8-4-3-5-11(9(8)2)10(7-13)6-12(14)15/h3-5,10H,6H2,1-2H3,(H,14,15). The molecule has 1 aromatic carbocycles. The van der Waals surface area contributed by atoms with Gasteiger partial charge in [-0.2, -0.15) is 5.26 Å². The van der Waals surface area contributed by atoms with Gasteiger partial charge in [-0.05, 0) is 30.5 Å². The zero-order valence-electron chi connectivity index (χ0n) is 8.82. The topological polar surface area (TPSA) is 61.1 Å². The number of carboxylic acid groups (broad SMARTS) is 1. The van der Waals surface area contributed by atoms with Gasteiger partial charge in [0.1, 0.15) is 0 Å². The third kappa shape index (κ3) is 2.57. The van der Waals surface area contributed by atoms with E-state index in [-0.39, 0.29) is 6.42 Å². The second-order valence-electron chi connectivity index (χ2n) is 3.57. The highest BCUT2D eigenvalue weighted by molar-refractivity contribution is 5.69. The van der Waals surface area contributed by atoms with Gasteiger partial charge in [-0.1, -0.05) is 18.2 Å². The van der Waals surface area contributed by atoms with E-state index >= 15 is 0 Å². The molecule has 15 heavy (non-hydrogen) atoms. The molecule has 0 fully saturated rings. The lowest BCUT2D eigenvalue weighted by atomic mass is 9.91. The van der Waals surface area contributed by atoms with Crippen LogP contribution in [0.3, 0.4) is 0 Å². The Morgan fingerprint density at radius 3 is 2.73 bits per heavy atom. The molecule has 0 radical (unpaired) electrons. The minimum atomic E-state index is -0.942. The van der Waals surface area contributed by atoms with Gasteiger partial charge < -0.3 is 5.11 Å². The number of carbonyl (C=O) groups is 1. The summed E-state index contributed by atoms with van der Waals surface area (Å²) in [7, 11) is 0. The van der Waals surface area contributed by atoms with Gasteiger partial charge in [-0.25, -0.2) is 0 Å². The molecule has 0 amide bonds. The highest BCUT2D eigenvalue weighted by atomic mass is 16.4. The van der Waals surface area contributed by atoms with E-state index in [1.807, 2.05) is 38.1 Å². The van der Waals surface area contributed by atoms with Crippen molar-refractivity contribution in [3.63, 3.8) is 0 Å². The van der Waals surface area contributed by atoms with Crippen LogP contribution in [-0.2, 0) is 4.79 Å². The molecule has 3 heteroatoms. The number of hydrogen-bond acceptors (Lipinski definition) is 2. The maximum atomic E-state index is 10.6. The Bertz CT molecular complexity index is 418. The van der Waals surface area contributed by atoms with Crippen molar-refractivity contribution in [1.82, 2.24) is 0 Å². The summed E-state index contributed by atoms with van der Waals surface area (Å²) < 4.78 is 0. The van der Waals surface area contributed by atoms with Crippen LogP contribution in [0.15, 0.2) is 18.2 Å². The highest BCUT2D eigenvalue weighted by Crippen LogP contribution is 2.24. The van der Waals surface area contributed by atoms with Crippen molar-refractivity contribution in [3.05, 3.63) is 34.9 Å². The number of aliphatic carboxylic acids is 1. The Balaban J connectivity index is 3.08. The molecule has 1 unspecified atom stereocenters. The first-order chi connectivity index (χ1) is 7.06. The monoisotopic (exact) mass is 203 g/mol. The second-order valence-corrected chi connectivity index (χ2v) is 3.57. The van der Waals surface area contributed by atoms with E-state index in [1.165, 1.54) is 0 Å². The smallest absolute Gasteiger partial charge is 0.305 e. The lowest BCUT2D eigenvalue weighted by Gasteiger charge is -2.11. The molecule has 0 aromatic heterocycles. The number of nitrogens with zero attached hydrogens (tertiary/aromatic N) is 1. The van der Waals surface area contributed by atoms with Crippen molar-refractivity contribution in [3.8, 4) is 6.07 Å². The molecule has 0 spiro atoms. The molecular formula is C12H13NO2. The van der Waals surface area contributed by atoms with Crippen LogP contribution >= 0.6 is 0 Å². The minimum absolute atomic E-state index is 0.138. The molecule has 0 saturated carbocycles. The van der Waals surface area contributed by atoms with Crippen LogP contribution in [0, 0.1) is 25.2 Å². The average Bonchev–Trinajstić information content (AvgIpc) is 2.19. The van der Waals surface area contributed by atoms with Crippen molar-refractivity contribution < 1.29 is 9.90 Å². The maximum Gasteiger partial charge on any atom is 0.305 e. The molecule has 0 aliphatic carbocycles. The van der Waals surface area contributed by atoms with Crippen LogP contribution in [0.4, 0.5) is 0 Å². The summed E-state index contributed by atoms with van der Waals surface area (Å²) in [4.78, 5) is 10.6. The van der Waals surface area contributed by atoms with Crippen LogP contribution in [0.1, 0.15) is 29.0 Å². The van der Waals surface area contributed by atoms with Gasteiger partial charge in [0.25, 0.3) is 0 Å². The van der Waals surface area contributed by atoms with E-state index in [4.69, 9.17) is 10.4 Å². The van der Waals surface area contributed by atoms with E-state index in [2.05, 4.69) is 0 Å². The fraction of sp³-hybridized carbons (Fsp3) is 0.333. The molecule has 0 aliphatic rings. The molecule has 1 atom stereocenters. The third-order valence-corrected chi connectivity index (χ3v) is 2.56. The van der Waals surface area contributed by atoms with Gasteiger partial charge in [0.05, 0.1) is 18.4 Å². The fourth-order valence-corrected chi connectivity index (χ4v) is 1.55. The zero-order chi connectivity index (χ0) is 11.4. The Morgan fingerprint density at radius 2 is 2.20 bits per heavy atom. The van der Waals surface area contributed by atoms with Gasteiger partial charge in [0.15, 0.2) is 0 Å². The maximum absolute atomic E-state index is 10.6. The summed E-state index contributed by atoms with van der Waals surface area (Å²) in [6.07, 6.45) is -0.138. The lowest BCUT2D eigenvalue weighted by molar-refractivity contribution is -0.137. The SMILES string of the molecule is Cc1cccc(C(C#N)CC(=O)O)c1C. The fourth-order valence-electron chi connectivity index (χ4n) is 1.55. The number of hydrogen-bond donors (Lipinski definition) is 1. The van der Waals surface area contributed by atoms with E-state index in [1.54, 1.807) is 0 Å². The summed E-state index contributed by atoms with van der Waals surface area (Å²) in [5, 5.41) is 17.6. The molecule has 0 aliphatic heterocycles. The largest absolute Gasteiger partial charge is 0.481 e. The number of benzene rings is 1. The van der Waals surface area contributed by atoms with E-state index in [9.17, 15) is 4.79 Å². The van der Waals surface area contributed by atoms with Gasteiger partial charge in [-0.3, -0.25) is 4.79 Å². The average molecular weight is 203 g/mol. The van der Waals surface area contributed by atoms with Crippen molar-refractivity contribution in [1.29, 1.82) is 5.26 Å². The summed E-state index contributed by atoms with van der Waals surface area (Å²) in [5.74, 6) is -1.50. The van der Waals surface area contributed by atoms with Gasteiger partial charge in [-0.15, -0.1) is 0 Å². The number of rotatable bonds is 3. The predicted molar refractivity (Wildman–Crippen MR) is 56.5 cm³/mol. The second kappa shape index (κ2) is 4.61. The van der Waals surface area contributed by atoms with Crippen LogP contribution in [0.5, 0.6) is 0 Å². The number of carboxylic acids is 1. The molecule has 1 rings (SSSR count). The van der Waals surface area contributed by atoms with E-state index in [0.29, 0.717) is 0 Å². The molecular weight excluding hydrogens is 190 g/mol. The summed E-state index contributed by atoms with van der Waals surface area (Å²) in [5.41, 5.74) is 2.91. The summed E-state index contributed by atoms with van der Waals surface area (Å²) in [6.45, 7) is 3.87. The number of aryl methyl sites for hydroxylation is 1. The molecule has 1 N–H and O–H groups in total. The Labute approximate surface area is 89.0 Å². The van der Waals surface area contributed by atoms with Gasteiger partial charge in [0.2, 0.25) is 0 Å². The Morgan fingerprint density at radius 1 is 1.53 bits per heavy atom. The van der Waals surface area contributed by atoms with E-state index in [0.717, 1.165) is 16.7 Å². The van der Waals surface area contributed by atoms with Crippen LogP contribution in [-0.4, -0.2) is 11.1 Å². The van der Waals surface area contributed by atoms with Gasteiger partial charge >= 0.3 is 5.97 Å². The first-order valence-corrected chi connectivity index (χ1v) is 4.73. The van der Waals surface area contributed by atoms with Gasteiger partial charge in [0, 0.05) is 0 Å². The highest BCUT2D eigenvalue weighted by Gasteiger charge is 2.17. The third-order valence-electron chi connectivity index (χ3n) is 2.56. The molecule has 3 nitrogen and oxygen atoms in total. The Kier molecular flexibility index (Phi) is 3.46. The molecule has 0 heterocycles. The summed E-state index contributed by atoms with van der Waals surface area (Å²) in [6, 6.07) is 7.66. The normalized spacial score (nSPS) is 11.8. The van der Waals surface area contributed by atoms with Crippen molar-refractivity contribution >= 4 is 5.97 Å². The lowest BCUT2D eigenvalue weighted by Crippen LogP contribution is -2.06. The van der Waals surface area contributed by atoms with Crippen molar-refractivity contribution in [2.75, 3.05) is 0 Å². The quantitative estimate of drug-likeness (QED) is 0.820. The molecule has 0 saturated heterocycles. The number of nitriles is 1. The first-order valence-electron chi connectivity index (χ1n) is 4.73. The van der Waals surface area contributed by atoms with Crippen molar-refractivity contribution in [2.24, 2.45) is 0 Å². The summed E-state index contributed by atoms with van der Waals surface area (Å²) >= 11 is 0. The van der Waals surface area contributed by atoms with Crippen LogP contribution in [0.2, 0.25) is 0 Å². The zero-order valence-corrected chi connectivity index (χ0v) is 8.82. The minimum Gasteiger partial charge on any atom is -0.481 e. The van der Waals surface area contributed by atoms with Crippen molar-refractivity contribution in [2.45, 2.75) is 26.2 Å². The molecule has 78 valence electrons. The van der Waals surface area contributed by atoms with Crippen LogP contribution in [0.25, 0.3) is 0 Å². The first kappa shape index (κ1) is 11.3. The Hall–Kier alpha value is -1.82. The predicted octanol–water partition coefficient (Wildman–Crippen LogP) is 2.39. The molecule has 1 aromatic rings.